The second-order valence-electron chi connectivity index (χ2n) is 12.8. The Bertz CT molecular complexity index is 1810. The Kier molecular flexibility index (Phi) is 9.51. The molecule has 0 bridgehead atoms. The van der Waals surface area contributed by atoms with Gasteiger partial charge in [0.1, 0.15) is 16.5 Å². The van der Waals surface area contributed by atoms with Crippen LogP contribution in [-0.2, 0) is 16.1 Å². The zero-order valence-corrected chi connectivity index (χ0v) is 28.8. The van der Waals surface area contributed by atoms with Crippen LogP contribution in [0.5, 0.6) is 5.75 Å². The van der Waals surface area contributed by atoms with Crippen LogP contribution in [0.25, 0.3) is 16.9 Å². The van der Waals surface area contributed by atoms with E-state index in [-0.39, 0.29) is 36.7 Å². The van der Waals surface area contributed by atoms with E-state index in [0.717, 1.165) is 60.9 Å². The number of aliphatic hydroxyl groups excluding tert-OH is 1. The molecule has 0 saturated carbocycles. The molecule has 3 saturated heterocycles. The van der Waals surface area contributed by atoms with E-state index in [1.54, 1.807) is 0 Å². The van der Waals surface area contributed by atoms with E-state index in [4.69, 9.17) is 41.8 Å². The molecule has 14 heteroatoms. The van der Waals surface area contributed by atoms with Gasteiger partial charge in [0.15, 0.2) is 18.1 Å². The van der Waals surface area contributed by atoms with E-state index < -0.39 is 0 Å². The van der Waals surface area contributed by atoms with Crippen LogP contribution in [0.4, 0.5) is 5.82 Å². The van der Waals surface area contributed by atoms with Crippen molar-refractivity contribution in [1.82, 2.24) is 29.6 Å². The largest absolute Gasteiger partial charge is 0.484 e. The van der Waals surface area contributed by atoms with Crippen LogP contribution >= 0.6 is 23.4 Å². The number of pyridine rings is 1. The number of carbonyl (C=O) groups excluding carboxylic acids is 1. The first-order valence-electron chi connectivity index (χ1n) is 16.4. The molecule has 0 aliphatic carbocycles. The number of benzene rings is 1. The van der Waals surface area contributed by atoms with Gasteiger partial charge in [0.05, 0.1) is 35.7 Å². The van der Waals surface area contributed by atoms with Crippen molar-refractivity contribution >= 4 is 40.7 Å². The van der Waals surface area contributed by atoms with E-state index in [1.807, 2.05) is 65.9 Å². The number of aryl methyl sites for hydroxylation is 1. The number of hydrogen-bond donors (Lipinski definition) is 3. The molecule has 1 aromatic carbocycles. The summed E-state index contributed by atoms with van der Waals surface area (Å²) < 4.78 is 13.6. The van der Waals surface area contributed by atoms with Crippen molar-refractivity contribution in [2.45, 2.75) is 55.4 Å². The zero-order chi connectivity index (χ0) is 33.4. The molecular weight excluding hydrogens is 652 g/mol. The second kappa shape index (κ2) is 13.8. The van der Waals surface area contributed by atoms with Crippen LogP contribution in [0.1, 0.15) is 31.2 Å². The summed E-state index contributed by atoms with van der Waals surface area (Å²) in [5.41, 5.74) is 9.99. The number of aromatic nitrogens is 4. The number of amides is 1. The number of ether oxygens (including phenoxy) is 2. The molecule has 6 heterocycles. The summed E-state index contributed by atoms with van der Waals surface area (Å²) in [7, 11) is 0. The third kappa shape index (κ3) is 6.47. The van der Waals surface area contributed by atoms with Gasteiger partial charge in [0.25, 0.3) is 5.91 Å². The van der Waals surface area contributed by atoms with Crippen LogP contribution in [0.3, 0.4) is 0 Å². The van der Waals surface area contributed by atoms with E-state index in [1.165, 1.54) is 11.8 Å². The Morgan fingerprint density at radius 2 is 1.98 bits per heavy atom. The summed E-state index contributed by atoms with van der Waals surface area (Å²) >= 11 is 8.34. The molecule has 1 amide bonds. The molecule has 0 radical (unpaired) electrons. The molecule has 0 unspecified atom stereocenters. The summed E-state index contributed by atoms with van der Waals surface area (Å²) in [6, 6.07) is 9.51. The van der Waals surface area contributed by atoms with Gasteiger partial charge >= 0.3 is 0 Å². The first kappa shape index (κ1) is 33.1. The first-order valence-corrected chi connectivity index (χ1v) is 17.6. The van der Waals surface area contributed by atoms with Crippen LogP contribution in [-0.4, -0.2) is 99.9 Å². The number of hydrogen-bond acceptors (Lipinski definition) is 11. The van der Waals surface area contributed by atoms with Crippen molar-refractivity contribution in [2.24, 2.45) is 11.1 Å². The van der Waals surface area contributed by atoms with Crippen molar-refractivity contribution in [3.8, 4) is 17.0 Å². The molecule has 3 aromatic heterocycles. The Morgan fingerprint density at radius 3 is 2.71 bits per heavy atom. The predicted molar refractivity (Wildman–Crippen MR) is 185 cm³/mol. The van der Waals surface area contributed by atoms with Crippen LogP contribution < -0.4 is 20.7 Å². The fourth-order valence-corrected chi connectivity index (χ4v) is 8.02. The van der Waals surface area contributed by atoms with Gasteiger partial charge in [-0.25, -0.2) is 15.0 Å². The lowest BCUT2D eigenvalue weighted by Gasteiger charge is -2.42. The Labute approximate surface area is 289 Å². The van der Waals surface area contributed by atoms with Crippen molar-refractivity contribution in [3.63, 3.8) is 0 Å². The SMILES string of the molecule is Cc1nc(N2CCC3(CC2)CO[C@@H](C)[C@H]3N)c(CO)nc1Sc1ccn2cc(-c3cccc(OCC(=O)N4CCNCC4)c3)nc2c1Cl. The minimum Gasteiger partial charge on any atom is -0.484 e. The number of rotatable bonds is 8. The molecule has 7 rings (SSSR count). The lowest BCUT2D eigenvalue weighted by molar-refractivity contribution is -0.133. The third-order valence-corrected chi connectivity index (χ3v) is 11.5. The molecular formula is C34H41ClN8O4S. The molecule has 12 nitrogen and oxygen atoms in total. The summed E-state index contributed by atoms with van der Waals surface area (Å²) in [6.07, 6.45) is 5.72. The standard InChI is InChI=1S/C34H41ClN8O4S/c1-21-33(40-26(18-44)31(38-21)42-12-7-34(8-13-42)20-47-22(2)30(34)36)48-27-6-11-43-17-25(39-32(43)29(27)35)23-4-3-5-24(16-23)46-19-28(45)41-14-9-37-10-15-41/h3-6,11,16-17,22,30,37,44H,7-10,12-15,18-20,36H2,1-2H3/t22-,30+/m0/s1. The average molecular weight is 693 g/mol. The monoisotopic (exact) mass is 692 g/mol. The van der Waals surface area contributed by atoms with E-state index >= 15 is 0 Å². The fourth-order valence-electron chi connectivity index (χ4n) is 6.84. The van der Waals surface area contributed by atoms with Crippen molar-refractivity contribution in [2.75, 3.05) is 57.4 Å². The minimum absolute atomic E-state index is 0.00243. The molecule has 3 aliphatic rings. The maximum atomic E-state index is 12.6. The Hall–Kier alpha value is -3.46. The van der Waals surface area contributed by atoms with Crippen LogP contribution in [0, 0.1) is 12.3 Å². The second-order valence-corrected chi connectivity index (χ2v) is 14.2. The summed E-state index contributed by atoms with van der Waals surface area (Å²) in [4.78, 5) is 32.0. The number of carbonyl (C=O) groups is 1. The van der Waals surface area contributed by atoms with E-state index in [2.05, 4.69) is 10.2 Å². The van der Waals surface area contributed by atoms with Gasteiger partial charge in [-0.2, -0.15) is 0 Å². The highest BCUT2D eigenvalue weighted by atomic mass is 35.5. The molecule has 48 heavy (non-hydrogen) atoms. The van der Waals surface area contributed by atoms with Crippen molar-refractivity contribution < 1.29 is 19.4 Å². The maximum absolute atomic E-state index is 12.6. The van der Waals surface area contributed by atoms with Crippen LogP contribution in [0.2, 0.25) is 5.02 Å². The Morgan fingerprint density at radius 1 is 1.19 bits per heavy atom. The van der Waals surface area contributed by atoms with Crippen molar-refractivity contribution in [1.29, 1.82) is 0 Å². The van der Waals surface area contributed by atoms with Crippen LogP contribution in [0.15, 0.2) is 52.6 Å². The Balaban J connectivity index is 1.06. The number of piperidine rings is 1. The highest BCUT2D eigenvalue weighted by molar-refractivity contribution is 7.99. The zero-order valence-electron chi connectivity index (χ0n) is 27.2. The van der Waals surface area contributed by atoms with E-state index in [9.17, 15) is 9.90 Å². The number of imidazole rings is 1. The van der Waals surface area contributed by atoms with Gasteiger partial charge in [-0.1, -0.05) is 35.5 Å². The quantitative estimate of drug-likeness (QED) is 0.250. The molecule has 2 atom stereocenters. The maximum Gasteiger partial charge on any atom is 0.260 e. The smallest absolute Gasteiger partial charge is 0.260 e. The lowest BCUT2D eigenvalue weighted by atomic mass is 9.73. The molecule has 3 aliphatic heterocycles. The normalized spacial score (nSPS) is 20.9. The molecule has 4 aromatic rings. The number of nitrogens with zero attached hydrogens (tertiary/aromatic N) is 6. The fraction of sp³-hybridized carbons (Fsp3) is 0.471. The third-order valence-electron chi connectivity index (χ3n) is 9.83. The highest BCUT2D eigenvalue weighted by Gasteiger charge is 2.47. The van der Waals surface area contributed by atoms with Crippen molar-refractivity contribution in [3.05, 3.63) is 59.1 Å². The molecule has 4 N–H and O–H groups in total. The average Bonchev–Trinajstić information content (AvgIpc) is 3.68. The van der Waals surface area contributed by atoms with Gasteiger partial charge < -0.3 is 39.8 Å². The number of nitrogens with one attached hydrogen (secondary N) is 1. The number of fused-ring (bicyclic) bond motifs is 1. The first-order chi connectivity index (χ1) is 23.2. The minimum atomic E-state index is -0.222. The van der Waals surface area contributed by atoms with Gasteiger partial charge in [0, 0.05) is 73.6 Å². The number of halogens is 1. The van der Waals surface area contributed by atoms with Gasteiger partial charge in [-0.3, -0.25) is 4.79 Å². The molecule has 254 valence electrons. The van der Waals surface area contributed by atoms with Gasteiger partial charge in [0.2, 0.25) is 0 Å². The lowest BCUT2D eigenvalue weighted by Crippen LogP contribution is -2.51. The summed E-state index contributed by atoms with van der Waals surface area (Å²) in [5, 5.41) is 14.7. The van der Waals surface area contributed by atoms with E-state index in [0.29, 0.717) is 52.7 Å². The number of aliphatic hydroxyl groups is 1. The predicted octanol–water partition coefficient (Wildman–Crippen LogP) is 3.54. The topological polar surface area (TPSA) is 143 Å². The van der Waals surface area contributed by atoms with Gasteiger partial charge in [-0.05, 0) is 44.9 Å². The highest BCUT2D eigenvalue weighted by Crippen LogP contribution is 2.43. The summed E-state index contributed by atoms with van der Waals surface area (Å²) in [5.74, 6) is 1.29. The van der Waals surface area contributed by atoms with Gasteiger partial charge in [-0.15, -0.1) is 0 Å². The number of anilines is 1. The molecule has 1 spiro atoms. The molecule has 3 fully saturated rings. The number of nitrogens with two attached hydrogens (primary N) is 1. The summed E-state index contributed by atoms with van der Waals surface area (Å²) in [6.45, 7) is 8.99. The number of piperazine rings is 1.